The van der Waals surface area contributed by atoms with Crippen molar-refractivity contribution in [1.29, 1.82) is 0 Å². The Morgan fingerprint density at radius 3 is 2.80 bits per heavy atom. The van der Waals surface area contributed by atoms with Crippen LogP contribution < -0.4 is 11.1 Å². The maximum atomic E-state index is 12.0. The van der Waals surface area contributed by atoms with E-state index in [1.54, 1.807) is 6.92 Å². The average molecular weight is 287 g/mol. The van der Waals surface area contributed by atoms with Crippen molar-refractivity contribution in [1.82, 2.24) is 10.2 Å². The monoisotopic (exact) mass is 287 g/mol. The molecule has 20 heavy (non-hydrogen) atoms. The highest BCUT2D eigenvalue weighted by Crippen LogP contribution is 2.12. The fraction of sp³-hybridized carbons (Fsp3) is 0.750. The molecule has 1 saturated heterocycles. The van der Waals surface area contributed by atoms with Crippen LogP contribution in [0.5, 0.6) is 0 Å². The lowest BCUT2D eigenvalue weighted by Gasteiger charge is -2.34. The fourth-order valence-corrected chi connectivity index (χ4v) is 2.14. The largest absolute Gasteiger partial charge is 0.481 e. The molecule has 0 bridgehead atoms. The second-order valence-corrected chi connectivity index (χ2v) is 4.69. The lowest BCUT2D eigenvalue weighted by molar-refractivity contribution is -0.142. The van der Waals surface area contributed by atoms with E-state index in [-0.39, 0.29) is 12.6 Å². The van der Waals surface area contributed by atoms with E-state index in [0.29, 0.717) is 13.1 Å². The van der Waals surface area contributed by atoms with Gasteiger partial charge in [0.25, 0.3) is 0 Å². The highest BCUT2D eigenvalue weighted by Gasteiger charge is 2.28. The van der Waals surface area contributed by atoms with Gasteiger partial charge < -0.3 is 25.8 Å². The summed E-state index contributed by atoms with van der Waals surface area (Å²) < 4.78 is 4.78. The van der Waals surface area contributed by atoms with Crippen molar-refractivity contribution in [3.05, 3.63) is 0 Å². The van der Waals surface area contributed by atoms with Crippen LogP contribution in [0.1, 0.15) is 26.2 Å². The standard InChI is InChI=1S/C12H21N3O5/c1-2-20-12(19)14-8-4-3-5-15(7-8)11(18)9(13)6-10(16)17/h8-9H,2-7,13H2,1H3,(H,14,19)(H,16,17). The Kier molecular flexibility index (Phi) is 6.23. The van der Waals surface area contributed by atoms with Gasteiger partial charge in [0.15, 0.2) is 0 Å². The second-order valence-electron chi connectivity index (χ2n) is 4.69. The van der Waals surface area contributed by atoms with Gasteiger partial charge in [-0.15, -0.1) is 0 Å². The molecule has 2 amide bonds. The number of piperidine rings is 1. The Labute approximate surface area is 117 Å². The van der Waals surface area contributed by atoms with E-state index in [9.17, 15) is 14.4 Å². The first-order valence-electron chi connectivity index (χ1n) is 6.63. The Morgan fingerprint density at radius 1 is 1.50 bits per heavy atom. The lowest BCUT2D eigenvalue weighted by Crippen LogP contribution is -2.53. The van der Waals surface area contributed by atoms with E-state index in [1.807, 2.05) is 0 Å². The minimum Gasteiger partial charge on any atom is -0.481 e. The Hall–Kier alpha value is -1.83. The van der Waals surface area contributed by atoms with Crippen molar-refractivity contribution in [3.8, 4) is 0 Å². The van der Waals surface area contributed by atoms with Gasteiger partial charge in [0.1, 0.15) is 0 Å². The van der Waals surface area contributed by atoms with E-state index in [2.05, 4.69) is 5.32 Å². The molecule has 0 spiro atoms. The highest BCUT2D eigenvalue weighted by atomic mass is 16.5. The number of nitrogens with one attached hydrogen (secondary N) is 1. The molecule has 0 radical (unpaired) electrons. The number of rotatable bonds is 5. The van der Waals surface area contributed by atoms with Crippen molar-refractivity contribution in [2.75, 3.05) is 19.7 Å². The van der Waals surface area contributed by atoms with Crippen LogP contribution in [0.2, 0.25) is 0 Å². The first-order valence-corrected chi connectivity index (χ1v) is 6.63. The van der Waals surface area contributed by atoms with Crippen molar-refractivity contribution in [3.63, 3.8) is 0 Å². The summed E-state index contributed by atoms with van der Waals surface area (Å²) in [6.45, 7) is 2.84. The van der Waals surface area contributed by atoms with Crippen molar-refractivity contribution >= 4 is 18.0 Å². The maximum absolute atomic E-state index is 12.0. The number of hydrogen-bond acceptors (Lipinski definition) is 5. The molecule has 4 N–H and O–H groups in total. The summed E-state index contributed by atoms with van der Waals surface area (Å²) in [7, 11) is 0. The second kappa shape index (κ2) is 7.68. The summed E-state index contributed by atoms with van der Waals surface area (Å²) in [6.07, 6.45) is 0.562. The van der Waals surface area contributed by atoms with Crippen LogP contribution in [0, 0.1) is 0 Å². The number of likely N-dealkylation sites (tertiary alicyclic amines) is 1. The Balaban J connectivity index is 2.49. The molecule has 0 aromatic carbocycles. The molecule has 1 heterocycles. The van der Waals surface area contributed by atoms with Crippen molar-refractivity contribution in [2.45, 2.75) is 38.3 Å². The molecule has 2 unspecified atom stereocenters. The maximum Gasteiger partial charge on any atom is 0.407 e. The minimum absolute atomic E-state index is 0.191. The predicted octanol–water partition coefficient (Wildman–Crippen LogP) is -0.474. The lowest BCUT2D eigenvalue weighted by atomic mass is 10.0. The zero-order chi connectivity index (χ0) is 15.1. The van der Waals surface area contributed by atoms with E-state index >= 15 is 0 Å². The first kappa shape index (κ1) is 16.2. The zero-order valence-corrected chi connectivity index (χ0v) is 11.5. The molecule has 8 nitrogen and oxygen atoms in total. The summed E-state index contributed by atoms with van der Waals surface area (Å²) in [5.74, 6) is -1.51. The van der Waals surface area contributed by atoms with E-state index in [1.165, 1.54) is 4.90 Å². The molecule has 8 heteroatoms. The molecule has 0 aromatic rings. The number of carbonyl (C=O) groups is 3. The number of nitrogens with two attached hydrogens (primary N) is 1. The number of ether oxygens (including phenoxy) is 1. The van der Waals surface area contributed by atoms with Gasteiger partial charge >= 0.3 is 12.1 Å². The third-order valence-corrected chi connectivity index (χ3v) is 3.04. The van der Waals surface area contributed by atoms with Crippen molar-refractivity contribution < 1.29 is 24.2 Å². The summed E-state index contributed by atoms with van der Waals surface area (Å²) in [5.41, 5.74) is 5.56. The number of amides is 2. The third-order valence-electron chi connectivity index (χ3n) is 3.04. The Bertz CT molecular complexity index is 374. The van der Waals surface area contributed by atoms with Gasteiger partial charge in [0.05, 0.1) is 19.1 Å². The number of hydrogen-bond donors (Lipinski definition) is 3. The quantitative estimate of drug-likeness (QED) is 0.628. The molecule has 1 aliphatic rings. The number of nitrogens with zero attached hydrogens (tertiary/aromatic N) is 1. The molecule has 0 aromatic heterocycles. The third kappa shape index (κ3) is 5.04. The number of aliphatic carboxylic acids is 1. The van der Waals surface area contributed by atoms with Crippen LogP contribution >= 0.6 is 0 Å². The normalized spacial score (nSPS) is 20.1. The summed E-state index contributed by atoms with van der Waals surface area (Å²) >= 11 is 0. The van der Waals surface area contributed by atoms with Crippen LogP contribution in [0.3, 0.4) is 0 Å². The zero-order valence-electron chi connectivity index (χ0n) is 11.5. The Morgan fingerprint density at radius 2 is 2.20 bits per heavy atom. The van der Waals surface area contributed by atoms with Crippen LogP contribution in [0.25, 0.3) is 0 Å². The molecule has 1 rings (SSSR count). The van der Waals surface area contributed by atoms with Gasteiger partial charge in [-0.25, -0.2) is 4.79 Å². The number of carbonyl (C=O) groups excluding carboxylic acids is 2. The SMILES string of the molecule is CCOC(=O)NC1CCCN(C(=O)C(N)CC(=O)O)C1. The molecule has 1 aliphatic heterocycles. The summed E-state index contributed by atoms with van der Waals surface area (Å²) in [4.78, 5) is 35.4. The van der Waals surface area contributed by atoms with E-state index < -0.39 is 30.4 Å². The fourth-order valence-electron chi connectivity index (χ4n) is 2.14. The number of carboxylic acids is 1. The summed E-state index contributed by atoms with van der Waals surface area (Å²) in [6, 6.07) is -1.24. The number of carboxylic acid groups (broad SMARTS) is 1. The van der Waals surface area contributed by atoms with Crippen LogP contribution in [-0.4, -0.2) is 59.8 Å². The topological polar surface area (TPSA) is 122 Å². The number of alkyl carbamates (subject to hydrolysis) is 1. The highest BCUT2D eigenvalue weighted by molar-refractivity contribution is 5.86. The molecule has 114 valence electrons. The minimum atomic E-state index is -1.11. The van der Waals surface area contributed by atoms with Gasteiger partial charge in [0, 0.05) is 19.1 Å². The van der Waals surface area contributed by atoms with Gasteiger partial charge in [-0.05, 0) is 19.8 Å². The van der Waals surface area contributed by atoms with Crippen LogP contribution in [-0.2, 0) is 14.3 Å². The van der Waals surface area contributed by atoms with Gasteiger partial charge in [-0.2, -0.15) is 0 Å². The van der Waals surface area contributed by atoms with Crippen molar-refractivity contribution in [2.24, 2.45) is 5.73 Å². The molecule has 1 fully saturated rings. The van der Waals surface area contributed by atoms with Gasteiger partial charge in [-0.3, -0.25) is 9.59 Å². The molecule has 0 saturated carbocycles. The smallest absolute Gasteiger partial charge is 0.407 e. The molecular formula is C12H21N3O5. The van der Waals surface area contributed by atoms with E-state index in [4.69, 9.17) is 15.6 Å². The van der Waals surface area contributed by atoms with Crippen LogP contribution in [0.4, 0.5) is 4.79 Å². The molecular weight excluding hydrogens is 266 g/mol. The van der Waals surface area contributed by atoms with Crippen LogP contribution in [0.15, 0.2) is 0 Å². The molecule has 2 atom stereocenters. The predicted molar refractivity (Wildman–Crippen MR) is 70.0 cm³/mol. The van der Waals surface area contributed by atoms with Gasteiger partial charge in [0.2, 0.25) is 5.91 Å². The average Bonchev–Trinajstić information content (AvgIpc) is 2.37. The summed E-state index contributed by atoms with van der Waals surface area (Å²) in [5, 5.41) is 11.3. The van der Waals surface area contributed by atoms with Gasteiger partial charge in [-0.1, -0.05) is 0 Å². The first-order chi connectivity index (χ1) is 9.43. The molecule has 0 aliphatic carbocycles. The van der Waals surface area contributed by atoms with E-state index in [0.717, 1.165) is 12.8 Å².